The van der Waals surface area contributed by atoms with Crippen molar-refractivity contribution in [3.63, 3.8) is 0 Å². The summed E-state index contributed by atoms with van der Waals surface area (Å²) in [5.74, 6) is 0. The molecule has 0 saturated heterocycles. The van der Waals surface area contributed by atoms with E-state index in [1.165, 1.54) is 0 Å². The van der Waals surface area contributed by atoms with Crippen LogP contribution in [-0.4, -0.2) is 18.3 Å². The highest BCUT2D eigenvalue weighted by Gasteiger charge is 2.11. The van der Waals surface area contributed by atoms with E-state index >= 15 is 0 Å². The van der Waals surface area contributed by atoms with Gasteiger partial charge >= 0.3 is 0 Å². The summed E-state index contributed by atoms with van der Waals surface area (Å²) in [6.45, 7) is 3.18. The minimum absolute atomic E-state index is 0.0149. The molecular formula is C16H20N2O2. The van der Waals surface area contributed by atoms with Crippen LogP contribution in [0.15, 0.2) is 53.5 Å². The number of hydrogen-bond acceptors (Lipinski definition) is 3. The second-order valence-corrected chi connectivity index (χ2v) is 4.60. The lowest BCUT2D eigenvalue weighted by atomic mass is 10.1. The number of ether oxygens (including phenoxy) is 1. The molecule has 1 aromatic heterocycles. The first kappa shape index (κ1) is 14.3. The van der Waals surface area contributed by atoms with Crippen molar-refractivity contribution >= 4 is 5.69 Å². The molecule has 1 aromatic carbocycles. The van der Waals surface area contributed by atoms with Gasteiger partial charge in [0.25, 0.3) is 5.56 Å². The van der Waals surface area contributed by atoms with Crippen LogP contribution in [0.3, 0.4) is 0 Å². The zero-order valence-corrected chi connectivity index (χ0v) is 11.9. The zero-order chi connectivity index (χ0) is 14.4. The summed E-state index contributed by atoms with van der Waals surface area (Å²) < 4.78 is 6.96. The summed E-state index contributed by atoms with van der Waals surface area (Å²) in [5, 5.41) is 3.41. The molecule has 1 N–H and O–H groups in total. The Morgan fingerprint density at radius 3 is 2.60 bits per heavy atom. The van der Waals surface area contributed by atoms with Crippen LogP contribution in [0.1, 0.15) is 18.5 Å². The van der Waals surface area contributed by atoms with Gasteiger partial charge in [0.05, 0.1) is 18.3 Å². The summed E-state index contributed by atoms with van der Waals surface area (Å²) in [4.78, 5) is 11.6. The smallest absolute Gasteiger partial charge is 0.250 e. The van der Waals surface area contributed by atoms with Gasteiger partial charge in [-0.1, -0.05) is 30.3 Å². The van der Waals surface area contributed by atoms with Crippen molar-refractivity contribution in [1.29, 1.82) is 0 Å². The van der Waals surface area contributed by atoms with E-state index in [1.807, 2.05) is 31.3 Å². The molecule has 0 fully saturated rings. The fourth-order valence-corrected chi connectivity index (χ4v) is 2.14. The Balaban J connectivity index is 2.22. The van der Waals surface area contributed by atoms with Crippen molar-refractivity contribution in [3.05, 3.63) is 64.6 Å². The molecule has 0 spiro atoms. The quantitative estimate of drug-likeness (QED) is 0.879. The minimum atomic E-state index is 0.0149. The third kappa shape index (κ3) is 3.48. The molecule has 0 radical (unpaired) electrons. The number of nitrogens with one attached hydrogen (secondary N) is 1. The van der Waals surface area contributed by atoms with Crippen molar-refractivity contribution in [1.82, 2.24) is 4.57 Å². The summed E-state index contributed by atoms with van der Waals surface area (Å²) in [6, 6.07) is 13.6. The molecule has 0 aliphatic carbocycles. The van der Waals surface area contributed by atoms with Gasteiger partial charge in [0.1, 0.15) is 0 Å². The van der Waals surface area contributed by atoms with E-state index in [-0.39, 0.29) is 11.6 Å². The average Bonchev–Trinajstić information content (AvgIpc) is 2.49. The number of aromatic nitrogens is 1. The van der Waals surface area contributed by atoms with Crippen LogP contribution in [0.4, 0.5) is 5.69 Å². The van der Waals surface area contributed by atoms with Gasteiger partial charge in [-0.2, -0.15) is 0 Å². The Morgan fingerprint density at radius 2 is 1.95 bits per heavy atom. The Labute approximate surface area is 119 Å². The highest BCUT2D eigenvalue weighted by atomic mass is 16.5. The number of benzene rings is 1. The van der Waals surface area contributed by atoms with E-state index in [0.29, 0.717) is 13.2 Å². The molecule has 2 aromatic rings. The molecule has 0 saturated carbocycles. The summed E-state index contributed by atoms with van der Waals surface area (Å²) in [5.41, 5.74) is 2.09. The second-order valence-electron chi connectivity index (χ2n) is 4.60. The average molecular weight is 272 g/mol. The van der Waals surface area contributed by atoms with Crippen LogP contribution in [0.25, 0.3) is 0 Å². The number of methoxy groups -OCH3 is 1. The van der Waals surface area contributed by atoms with Crippen molar-refractivity contribution < 1.29 is 4.74 Å². The van der Waals surface area contributed by atoms with Crippen LogP contribution in [0.5, 0.6) is 0 Å². The van der Waals surface area contributed by atoms with Crippen LogP contribution in [0.2, 0.25) is 0 Å². The third-order valence-electron chi connectivity index (χ3n) is 3.20. The molecule has 4 heteroatoms. The molecule has 1 heterocycles. The van der Waals surface area contributed by atoms with Crippen LogP contribution in [0, 0.1) is 0 Å². The molecule has 20 heavy (non-hydrogen) atoms. The van der Waals surface area contributed by atoms with E-state index in [0.717, 1.165) is 11.3 Å². The maximum atomic E-state index is 11.6. The van der Waals surface area contributed by atoms with Crippen LogP contribution in [-0.2, 0) is 11.3 Å². The third-order valence-corrected chi connectivity index (χ3v) is 3.20. The van der Waals surface area contributed by atoms with Gasteiger partial charge in [-0.25, -0.2) is 0 Å². The minimum Gasteiger partial charge on any atom is -0.382 e. The van der Waals surface area contributed by atoms with Gasteiger partial charge in [0.15, 0.2) is 0 Å². The SMILES string of the molecule is CCn1cc(NC(COC)c2ccccc2)ccc1=O. The van der Waals surface area contributed by atoms with Crippen molar-refractivity contribution in [2.75, 3.05) is 19.0 Å². The Kier molecular flexibility index (Phi) is 4.96. The van der Waals surface area contributed by atoms with Crippen LogP contribution < -0.4 is 10.9 Å². The fraction of sp³-hybridized carbons (Fsp3) is 0.312. The predicted molar refractivity (Wildman–Crippen MR) is 81.1 cm³/mol. The maximum Gasteiger partial charge on any atom is 0.250 e. The summed E-state index contributed by atoms with van der Waals surface area (Å²) >= 11 is 0. The molecule has 0 bridgehead atoms. The lowest BCUT2D eigenvalue weighted by molar-refractivity contribution is 0.186. The topological polar surface area (TPSA) is 43.3 Å². The first-order valence-electron chi connectivity index (χ1n) is 6.75. The van der Waals surface area contributed by atoms with Gasteiger partial charge in [0, 0.05) is 25.9 Å². The van der Waals surface area contributed by atoms with Gasteiger partial charge in [-0.3, -0.25) is 4.79 Å². The molecule has 0 aliphatic rings. The first-order valence-corrected chi connectivity index (χ1v) is 6.75. The molecule has 1 atom stereocenters. The molecule has 0 amide bonds. The highest BCUT2D eigenvalue weighted by molar-refractivity contribution is 5.43. The molecule has 106 valence electrons. The standard InChI is InChI=1S/C16H20N2O2/c1-3-18-11-14(9-10-16(18)19)17-15(12-20-2)13-7-5-4-6-8-13/h4-11,15,17H,3,12H2,1-2H3. The monoisotopic (exact) mass is 272 g/mol. The maximum absolute atomic E-state index is 11.6. The number of hydrogen-bond donors (Lipinski definition) is 1. The largest absolute Gasteiger partial charge is 0.382 e. The second kappa shape index (κ2) is 6.91. The van der Waals surface area contributed by atoms with E-state index in [9.17, 15) is 4.79 Å². The van der Waals surface area contributed by atoms with Gasteiger partial charge in [-0.15, -0.1) is 0 Å². The number of rotatable bonds is 6. The number of anilines is 1. The van der Waals surface area contributed by atoms with Crippen molar-refractivity contribution in [2.24, 2.45) is 0 Å². The summed E-state index contributed by atoms with van der Waals surface area (Å²) in [7, 11) is 1.69. The Bertz CT molecular complexity index is 593. The predicted octanol–water partition coefficient (Wildman–Crippen LogP) is 2.67. The number of nitrogens with zero attached hydrogens (tertiary/aromatic N) is 1. The fourth-order valence-electron chi connectivity index (χ4n) is 2.14. The molecule has 4 nitrogen and oxygen atoms in total. The van der Waals surface area contributed by atoms with E-state index in [4.69, 9.17) is 4.74 Å². The van der Waals surface area contributed by atoms with E-state index in [1.54, 1.807) is 23.8 Å². The van der Waals surface area contributed by atoms with E-state index < -0.39 is 0 Å². The zero-order valence-electron chi connectivity index (χ0n) is 11.9. The summed E-state index contributed by atoms with van der Waals surface area (Å²) in [6.07, 6.45) is 1.84. The lowest BCUT2D eigenvalue weighted by Crippen LogP contribution is -2.20. The van der Waals surface area contributed by atoms with Gasteiger partial charge < -0.3 is 14.6 Å². The number of aryl methyl sites for hydroxylation is 1. The first-order chi connectivity index (χ1) is 9.74. The Morgan fingerprint density at radius 1 is 1.20 bits per heavy atom. The molecule has 2 rings (SSSR count). The lowest BCUT2D eigenvalue weighted by Gasteiger charge is -2.20. The molecule has 1 unspecified atom stereocenters. The van der Waals surface area contributed by atoms with E-state index in [2.05, 4.69) is 17.4 Å². The Hall–Kier alpha value is -2.07. The number of pyridine rings is 1. The van der Waals surface area contributed by atoms with Gasteiger partial charge in [-0.05, 0) is 18.6 Å². The van der Waals surface area contributed by atoms with Gasteiger partial charge in [0.2, 0.25) is 0 Å². The highest BCUT2D eigenvalue weighted by Crippen LogP contribution is 2.19. The van der Waals surface area contributed by atoms with Crippen LogP contribution >= 0.6 is 0 Å². The van der Waals surface area contributed by atoms with Crippen molar-refractivity contribution in [2.45, 2.75) is 19.5 Å². The molecule has 0 aliphatic heterocycles. The molecular weight excluding hydrogens is 252 g/mol. The normalized spacial score (nSPS) is 12.1. The van der Waals surface area contributed by atoms with Crippen molar-refractivity contribution in [3.8, 4) is 0 Å².